The summed E-state index contributed by atoms with van der Waals surface area (Å²) in [5.74, 6) is -0.320. The molecule has 1 N–H and O–H groups in total. The van der Waals surface area contributed by atoms with Crippen LogP contribution in [0.3, 0.4) is 0 Å². The zero-order chi connectivity index (χ0) is 39.6. The van der Waals surface area contributed by atoms with Crippen molar-refractivity contribution in [3.05, 3.63) is 70.4 Å². The minimum absolute atomic E-state index is 0.178. The van der Waals surface area contributed by atoms with Crippen molar-refractivity contribution < 1.29 is 19.1 Å². The summed E-state index contributed by atoms with van der Waals surface area (Å²) < 4.78 is 12.6. The highest BCUT2D eigenvalue weighted by Crippen LogP contribution is 2.47. The van der Waals surface area contributed by atoms with E-state index in [1.165, 1.54) is 11.1 Å². The number of halogens is 1. The summed E-state index contributed by atoms with van der Waals surface area (Å²) in [4.78, 5) is 39.0. The van der Waals surface area contributed by atoms with Gasteiger partial charge in [-0.25, -0.2) is 24.7 Å². The van der Waals surface area contributed by atoms with Gasteiger partial charge in [0.05, 0.1) is 27.9 Å². The third-order valence-corrected chi connectivity index (χ3v) is 12.3. The summed E-state index contributed by atoms with van der Waals surface area (Å²) in [6, 6.07) is 10.5. The van der Waals surface area contributed by atoms with E-state index in [0.717, 1.165) is 104 Å². The van der Waals surface area contributed by atoms with E-state index in [4.69, 9.17) is 25.7 Å². The standard InChI is InChI=1S/C44H54ClN7O4/c1-42(2,3)56-36(41(53)54)33-35(51-21-15-44(6,7)16-22-51)32(31(49-38(33)45)25-50-19-13-43(4,5)14-20-50)28-10-11-29-24-52(18-12-27(29)23-28)39-37-34(47-26-48-39)30-9-8-17-46-40(30)55-37/h8-11,17,23,26,36H,12-16,18-22,24-25H2,1-7H3,(H,53,54)/t36-/m0/s1. The Morgan fingerprint density at radius 2 is 1.66 bits per heavy atom. The lowest BCUT2D eigenvalue weighted by Crippen LogP contribution is -2.40. The molecule has 0 aliphatic carbocycles. The zero-order valence-electron chi connectivity index (χ0n) is 33.8. The molecule has 5 aromatic rings. The van der Waals surface area contributed by atoms with Crippen LogP contribution in [0.5, 0.6) is 0 Å². The van der Waals surface area contributed by atoms with Crippen molar-refractivity contribution in [2.45, 2.75) is 105 Å². The van der Waals surface area contributed by atoms with Gasteiger partial charge in [0, 0.05) is 44.5 Å². The highest BCUT2D eigenvalue weighted by atomic mass is 35.5. The lowest BCUT2D eigenvalue weighted by atomic mass is 9.81. The van der Waals surface area contributed by atoms with Crippen molar-refractivity contribution in [1.29, 1.82) is 0 Å². The van der Waals surface area contributed by atoms with E-state index in [9.17, 15) is 9.90 Å². The van der Waals surface area contributed by atoms with E-state index >= 15 is 0 Å². The van der Waals surface area contributed by atoms with Gasteiger partial charge >= 0.3 is 5.97 Å². The minimum atomic E-state index is -1.30. The molecule has 3 aliphatic heterocycles. The number of aliphatic carboxylic acids is 1. The molecule has 1 atom stereocenters. The number of pyridine rings is 2. The van der Waals surface area contributed by atoms with Gasteiger partial charge < -0.3 is 24.1 Å². The van der Waals surface area contributed by atoms with Gasteiger partial charge in [-0.2, -0.15) is 0 Å². The first-order valence-corrected chi connectivity index (χ1v) is 20.4. The quantitative estimate of drug-likeness (QED) is 0.152. The van der Waals surface area contributed by atoms with Crippen molar-refractivity contribution in [2.24, 2.45) is 10.8 Å². The Morgan fingerprint density at radius 3 is 2.36 bits per heavy atom. The molecule has 0 saturated carbocycles. The maximum absolute atomic E-state index is 13.2. The third kappa shape index (κ3) is 7.70. The number of hydrogen-bond donors (Lipinski definition) is 1. The van der Waals surface area contributed by atoms with E-state index in [1.807, 2.05) is 32.9 Å². The van der Waals surface area contributed by atoms with Crippen LogP contribution in [0, 0.1) is 10.8 Å². The summed E-state index contributed by atoms with van der Waals surface area (Å²) >= 11 is 7.23. The maximum atomic E-state index is 13.2. The molecule has 7 heterocycles. The molecular weight excluding hydrogens is 726 g/mol. The first-order valence-electron chi connectivity index (χ1n) is 20.0. The van der Waals surface area contributed by atoms with Crippen LogP contribution in [0.1, 0.15) is 103 Å². The monoisotopic (exact) mass is 779 g/mol. The first kappa shape index (κ1) is 38.5. The fraction of sp³-hybridized carbons (Fsp3) is 0.523. The van der Waals surface area contributed by atoms with Crippen LogP contribution >= 0.6 is 11.6 Å². The Kier molecular flexibility index (Phi) is 10.0. The lowest BCUT2D eigenvalue weighted by molar-refractivity contribution is -0.160. The smallest absolute Gasteiger partial charge is 0.337 e. The molecule has 8 rings (SSSR count). The summed E-state index contributed by atoms with van der Waals surface area (Å²) in [5, 5.41) is 11.9. The molecule has 12 heteroatoms. The van der Waals surface area contributed by atoms with Gasteiger partial charge in [0.25, 0.3) is 0 Å². The number of rotatable bonds is 8. The van der Waals surface area contributed by atoms with Gasteiger partial charge in [0.1, 0.15) is 17.0 Å². The molecule has 0 bridgehead atoms. The second-order valence-corrected chi connectivity index (χ2v) is 18.9. The van der Waals surface area contributed by atoms with Gasteiger partial charge in [-0.15, -0.1) is 0 Å². The van der Waals surface area contributed by atoms with Crippen LogP contribution in [0.2, 0.25) is 5.15 Å². The maximum Gasteiger partial charge on any atom is 0.337 e. The Hall–Kier alpha value is -4.32. The topological polar surface area (TPSA) is 121 Å². The van der Waals surface area contributed by atoms with Crippen LogP contribution in [-0.4, -0.2) is 74.2 Å². The van der Waals surface area contributed by atoms with Crippen molar-refractivity contribution in [3.63, 3.8) is 0 Å². The lowest BCUT2D eigenvalue weighted by Gasteiger charge is -2.41. The van der Waals surface area contributed by atoms with Crippen LogP contribution in [0.25, 0.3) is 33.3 Å². The van der Waals surface area contributed by atoms with Crippen molar-refractivity contribution in [1.82, 2.24) is 24.8 Å². The van der Waals surface area contributed by atoms with E-state index in [0.29, 0.717) is 35.4 Å². The second kappa shape index (κ2) is 14.6. The van der Waals surface area contributed by atoms with E-state index in [2.05, 4.69) is 75.5 Å². The minimum Gasteiger partial charge on any atom is -0.479 e. The predicted molar refractivity (Wildman–Crippen MR) is 221 cm³/mol. The predicted octanol–water partition coefficient (Wildman–Crippen LogP) is 9.24. The molecule has 0 amide bonds. The Bertz CT molecular complexity index is 2280. The van der Waals surface area contributed by atoms with Crippen LogP contribution in [0.15, 0.2) is 47.3 Å². The number of piperidine rings is 2. The second-order valence-electron chi connectivity index (χ2n) is 18.5. The fourth-order valence-electron chi connectivity index (χ4n) is 8.55. The fourth-order valence-corrected chi connectivity index (χ4v) is 8.84. The molecule has 0 radical (unpaired) electrons. The summed E-state index contributed by atoms with van der Waals surface area (Å²) in [6.45, 7) is 20.4. The van der Waals surface area contributed by atoms with Gasteiger partial charge in [0.2, 0.25) is 5.71 Å². The van der Waals surface area contributed by atoms with Crippen molar-refractivity contribution >= 4 is 51.3 Å². The van der Waals surface area contributed by atoms with E-state index in [-0.39, 0.29) is 10.6 Å². The first-order chi connectivity index (χ1) is 26.6. The molecule has 56 heavy (non-hydrogen) atoms. The number of likely N-dealkylation sites (tertiary alicyclic amines) is 1. The molecule has 4 aromatic heterocycles. The number of carboxylic acids is 1. The molecule has 296 valence electrons. The van der Waals surface area contributed by atoms with Gasteiger partial charge in [-0.1, -0.05) is 57.5 Å². The zero-order valence-corrected chi connectivity index (χ0v) is 34.5. The largest absolute Gasteiger partial charge is 0.479 e. The van der Waals surface area contributed by atoms with Gasteiger partial charge in [-0.3, -0.25) is 4.90 Å². The van der Waals surface area contributed by atoms with Crippen molar-refractivity contribution in [3.8, 4) is 11.1 Å². The number of carbonyl (C=O) groups is 1. The Morgan fingerprint density at radius 1 is 0.946 bits per heavy atom. The molecule has 0 unspecified atom stereocenters. The average Bonchev–Trinajstić information content (AvgIpc) is 3.53. The normalized spacial score (nSPS) is 19.4. The number of furan rings is 1. The third-order valence-electron chi connectivity index (χ3n) is 12.0. The molecular formula is C44H54ClN7O4. The number of ether oxygens (including phenoxy) is 1. The highest BCUT2D eigenvalue weighted by Gasteiger charge is 2.38. The average molecular weight is 780 g/mol. The molecule has 2 fully saturated rings. The highest BCUT2D eigenvalue weighted by molar-refractivity contribution is 6.31. The number of benzene rings is 1. The Labute approximate surface area is 334 Å². The van der Waals surface area contributed by atoms with Crippen LogP contribution in [0.4, 0.5) is 11.5 Å². The molecule has 11 nitrogen and oxygen atoms in total. The molecule has 1 aromatic carbocycles. The van der Waals surface area contributed by atoms with Crippen LogP contribution < -0.4 is 9.80 Å². The molecule has 0 spiro atoms. The molecule has 3 aliphatic rings. The molecule has 2 saturated heterocycles. The summed E-state index contributed by atoms with van der Waals surface area (Å²) in [6.07, 6.45) is 6.95. The number of hydrogen-bond acceptors (Lipinski definition) is 10. The van der Waals surface area contributed by atoms with Crippen molar-refractivity contribution in [2.75, 3.05) is 42.5 Å². The SMILES string of the molecule is CC1(C)CCN(Cc2nc(Cl)c([C@H](OC(C)(C)C)C(=O)O)c(N3CCC(C)(C)CC3)c2-c2ccc3c(c2)CCN(c2ncnc4c2oc2ncccc24)C3)CC1. The number of nitrogens with zero attached hydrogens (tertiary/aromatic N) is 7. The number of aromatic nitrogens is 4. The van der Waals surface area contributed by atoms with Gasteiger partial charge in [0.15, 0.2) is 17.5 Å². The van der Waals surface area contributed by atoms with Crippen LogP contribution in [-0.2, 0) is 29.0 Å². The number of anilines is 2. The van der Waals surface area contributed by atoms with Gasteiger partial charge in [-0.05, 0) is 106 Å². The Balaban J connectivity index is 1.24. The summed E-state index contributed by atoms with van der Waals surface area (Å²) in [7, 11) is 0. The number of carboxylic acid groups (broad SMARTS) is 1. The van der Waals surface area contributed by atoms with E-state index < -0.39 is 17.7 Å². The summed E-state index contributed by atoms with van der Waals surface area (Å²) in [5.41, 5.74) is 8.25. The van der Waals surface area contributed by atoms with E-state index in [1.54, 1.807) is 12.5 Å². The number of fused-ring (bicyclic) bond motifs is 4.